The van der Waals surface area contributed by atoms with Crippen molar-refractivity contribution in [3.05, 3.63) is 94.6 Å². The maximum Gasteiger partial charge on any atom is 0.272 e. The van der Waals surface area contributed by atoms with Gasteiger partial charge in [0.1, 0.15) is 17.3 Å². The molecule has 11 heteroatoms. The summed E-state index contributed by atoms with van der Waals surface area (Å²) in [6.07, 6.45) is 3.12. The van der Waals surface area contributed by atoms with Gasteiger partial charge in [-0.3, -0.25) is 14.0 Å². The quantitative estimate of drug-likeness (QED) is 0.312. The molecule has 0 saturated carbocycles. The minimum absolute atomic E-state index is 0.0639. The maximum atomic E-state index is 14.1. The van der Waals surface area contributed by atoms with Crippen molar-refractivity contribution in [1.82, 2.24) is 24.2 Å². The van der Waals surface area contributed by atoms with Crippen molar-refractivity contribution < 1.29 is 22.4 Å². The molecular formula is C24H22F4N6O. The summed E-state index contributed by atoms with van der Waals surface area (Å²) in [6.45, 7) is 1.67. The van der Waals surface area contributed by atoms with Crippen LogP contribution in [0.4, 0.5) is 23.5 Å². The monoisotopic (exact) mass is 486 g/mol. The standard InChI is InChI=1S/C24H22F4N6O/c1-14-15(13-33(3)31-14)12-32(2)23(35)21-11-30-24(34(21)17-6-4-16(25)5-7-17)29-10-18-19(26)8-9-20(27)22(18)28/h4-9,11,13H,10,12H2,1-3H3,(H,29,30). The molecule has 0 unspecified atom stereocenters. The summed E-state index contributed by atoms with van der Waals surface area (Å²) >= 11 is 0. The first-order valence-corrected chi connectivity index (χ1v) is 10.6. The topological polar surface area (TPSA) is 68.0 Å². The number of halogens is 4. The molecule has 0 radical (unpaired) electrons. The Morgan fingerprint density at radius 3 is 2.40 bits per heavy atom. The summed E-state index contributed by atoms with van der Waals surface area (Å²) < 4.78 is 58.4. The molecule has 0 aliphatic heterocycles. The number of anilines is 1. The first-order chi connectivity index (χ1) is 16.7. The molecule has 182 valence electrons. The number of nitrogens with zero attached hydrogens (tertiary/aromatic N) is 5. The zero-order chi connectivity index (χ0) is 25.3. The van der Waals surface area contributed by atoms with E-state index in [-0.39, 0.29) is 18.2 Å². The Morgan fingerprint density at radius 2 is 1.74 bits per heavy atom. The number of imidazole rings is 1. The van der Waals surface area contributed by atoms with Gasteiger partial charge in [0.15, 0.2) is 11.6 Å². The minimum Gasteiger partial charge on any atom is -0.351 e. The molecule has 0 bridgehead atoms. The lowest BCUT2D eigenvalue weighted by molar-refractivity contribution is 0.0777. The molecule has 2 aromatic heterocycles. The Kier molecular flexibility index (Phi) is 6.59. The number of nitrogens with one attached hydrogen (secondary N) is 1. The average molecular weight is 486 g/mol. The Labute approximate surface area is 198 Å². The fourth-order valence-corrected chi connectivity index (χ4v) is 3.70. The smallest absolute Gasteiger partial charge is 0.272 e. The van der Waals surface area contributed by atoms with Crippen LogP contribution in [0.2, 0.25) is 0 Å². The molecule has 0 saturated heterocycles. The Morgan fingerprint density at radius 1 is 1.06 bits per heavy atom. The molecule has 1 N–H and O–H groups in total. The van der Waals surface area contributed by atoms with Gasteiger partial charge in [-0.15, -0.1) is 0 Å². The zero-order valence-electron chi connectivity index (χ0n) is 19.2. The summed E-state index contributed by atoms with van der Waals surface area (Å²) in [6, 6.07) is 6.82. The van der Waals surface area contributed by atoms with Crippen LogP contribution >= 0.6 is 0 Å². The second kappa shape index (κ2) is 9.61. The number of carbonyl (C=O) groups excluding carboxylic acids is 1. The fraction of sp³-hybridized carbons (Fsp3) is 0.208. The van der Waals surface area contributed by atoms with E-state index in [4.69, 9.17) is 0 Å². The molecule has 2 aromatic carbocycles. The van der Waals surface area contributed by atoms with Crippen LogP contribution in [-0.2, 0) is 20.1 Å². The van der Waals surface area contributed by atoms with Crippen molar-refractivity contribution >= 4 is 11.9 Å². The lowest BCUT2D eigenvalue weighted by Gasteiger charge is -2.19. The van der Waals surface area contributed by atoms with Crippen molar-refractivity contribution in [3.63, 3.8) is 0 Å². The van der Waals surface area contributed by atoms with Gasteiger partial charge in [-0.2, -0.15) is 5.10 Å². The van der Waals surface area contributed by atoms with Crippen molar-refractivity contribution in [2.45, 2.75) is 20.0 Å². The van der Waals surface area contributed by atoms with Gasteiger partial charge in [0, 0.05) is 50.2 Å². The van der Waals surface area contributed by atoms with Gasteiger partial charge in [-0.1, -0.05) is 0 Å². The largest absolute Gasteiger partial charge is 0.351 e. The number of carbonyl (C=O) groups is 1. The van der Waals surface area contributed by atoms with Crippen LogP contribution in [0.15, 0.2) is 48.8 Å². The second-order valence-electron chi connectivity index (χ2n) is 8.03. The lowest BCUT2D eigenvalue weighted by atomic mass is 10.2. The molecule has 0 fully saturated rings. The highest BCUT2D eigenvalue weighted by molar-refractivity contribution is 5.93. The molecule has 35 heavy (non-hydrogen) atoms. The third-order valence-electron chi connectivity index (χ3n) is 5.50. The molecule has 7 nitrogen and oxygen atoms in total. The summed E-state index contributed by atoms with van der Waals surface area (Å²) in [5, 5.41) is 7.03. The number of aryl methyl sites for hydroxylation is 2. The van der Waals surface area contributed by atoms with Gasteiger partial charge in [-0.25, -0.2) is 22.5 Å². The van der Waals surface area contributed by atoms with E-state index in [9.17, 15) is 22.4 Å². The van der Waals surface area contributed by atoms with E-state index >= 15 is 0 Å². The highest BCUT2D eigenvalue weighted by atomic mass is 19.2. The molecule has 2 heterocycles. The van der Waals surface area contributed by atoms with Crippen LogP contribution in [0.25, 0.3) is 5.69 Å². The van der Waals surface area contributed by atoms with Gasteiger partial charge >= 0.3 is 0 Å². The number of hydrogen-bond donors (Lipinski definition) is 1. The number of hydrogen-bond acceptors (Lipinski definition) is 4. The molecule has 4 aromatic rings. The van der Waals surface area contributed by atoms with Crippen LogP contribution in [0, 0.1) is 30.2 Å². The third kappa shape index (κ3) is 4.88. The molecular weight excluding hydrogens is 464 g/mol. The number of rotatable bonds is 7. The van der Waals surface area contributed by atoms with Crippen molar-refractivity contribution in [1.29, 1.82) is 0 Å². The van der Waals surface area contributed by atoms with Crippen LogP contribution in [0.3, 0.4) is 0 Å². The second-order valence-corrected chi connectivity index (χ2v) is 8.03. The van der Waals surface area contributed by atoms with E-state index in [1.807, 2.05) is 13.1 Å². The van der Waals surface area contributed by atoms with Crippen LogP contribution < -0.4 is 5.32 Å². The van der Waals surface area contributed by atoms with E-state index in [0.29, 0.717) is 11.8 Å². The van der Waals surface area contributed by atoms with E-state index in [0.717, 1.165) is 17.3 Å². The van der Waals surface area contributed by atoms with Gasteiger partial charge in [0.25, 0.3) is 5.91 Å². The molecule has 0 aliphatic rings. The predicted octanol–water partition coefficient (Wildman–Crippen LogP) is 4.35. The fourth-order valence-electron chi connectivity index (χ4n) is 3.70. The van der Waals surface area contributed by atoms with Crippen molar-refractivity contribution in [2.75, 3.05) is 12.4 Å². The number of amides is 1. The van der Waals surface area contributed by atoms with E-state index in [2.05, 4.69) is 15.4 Å². The van der Waals surface area contributed by atoms with Crippen molar-refractivity contribution in [3.8, 4) is 5.69 Å². The predicted molar refractivity (Wildman–Crippen MR) is 121 cm³/mol. The zero-order valence-corrected chi connectivity index (χ0v) is 19.2. The Hall–Kier alpha value is -4.15. The summed E-state index contributed by atoms with van der Waals surface area (Å²) in [7, 11) is 3.39. The Bertz CT molecular complexity index is 1380. The highest BCUT2D eigenvalue weighted by Crippen LogP contribution is 2.23. The lowest BCUT2D eigenvalue weighted by Crippen LogP contribution is -2.28. The SMILES string of the molecule is Cc1nn(C)cc1CN(C)C(=O)c1cnc(NCc2c(F)ccc(F)c2F)n1-c1ccc(F)cc1. The van der Waals surface area contributed by atoms with Gasteiger partial charge in [-0.05, 0) is 43.3 Å². The van der Waals surface area contributed by atoms with E-state index in [1.165, 1.54) is 39.9 Å². The van der Waals surface area contributed by atoms with E-state index < -0.39 is 41.3 Å². The maximum absolute atomic E-state index is 14.1. The van der Waals surface area contributed by atoms with Crippen LogP contribution in [0.5, 0.6) is 0 Å². The molecule has 0 spiro atoms. The number of benzene rings is 2. The molecule has 1 amide bonds. The third-order valence-corrected chi connectivity index (χ3v) is 5.50. The van der Waals surface area contributed by atoms with Gasteiger partial charge < -0.3 is 10.2 Å². The Balaban J connectivity index is 1.67. The first-order valence-electron chi connectivity index (χ1n) is 10.6. The van der Waals surface area contributed by atoms with Crippen LogP contribution in [-0.4, -0.2) is 37.2 Å². The summed E-state index contributed by atoms with van der Waals surface area (Å²) in [4.78, 5) is 19.0. The summed E-state index contributed by atoms with van der Waals surface area (Å²) in [5.41, 5.74) is 1.63. The van der Waals surface area contributed by atoms with Gasteiger partial charge in [0.2, 0.25) is 5.95 Å². The average Bonchev–Trinajstić information content (AvgIpc) is 3.38. The number of aromatic nitrogens is 4. The molecule has 4 rings (SSSR count). The van der Waals surface area contributed by atoms with E-state index in [1.54, 1.807) is 18.8 Å². The first kappa shape index (κ1) is 24.0. The molecule has 0 atom stereocenters. The summed E-state index contributed by atoms with van der Waals surface area (Å²) in [5.74, 6) is -4.26. The van der Waals surface area contributed by atoms with Gasteiger partial charge in [0.05, 0.1) is 11.9 Å². The normalized spacial score (nSPS) is 11.1. The van der Waals surface area contributed by atoms with Crippen molar-refractivity contribution in [2.24, 2.45) is 7.05 Å². The molecule has 0 aliphatic carbocycles. The van der Waals surface area contributed by atoms with Crippen LogP contribution in [0.1, 0.15) is 27.3 Å². The minimum atomic E-state index is -1.32. The highest BCUT2D eigenvalue weighted by Gasteiger charge is 2.23.